The zero-order valence-corrected chi connectivity index (χ0v) is 5.51. The van der Waals surface area contributed by atoms with Crippen molar-refractivity contribution in [3.8, 4) is 0 Å². The lowest BCUT2D eigenvalue weighted by Crippen LogP contribution is -2.29. The molecule has 0 aromatic heterocycles. The molecule has 4 heteroatoms. The van der Waals surface area contributed by atoms with Gasteiger partial charge in [-0.1, -0.05) is 0 Å². The number of hydrogen-bond donors (Lipinski definition) is 4. The Morgan fingerprint density at radius 3 is 1.90 bits per heavy atom. The van der Waals surface area contributed by atoms with Crippen molar-refractivity contribution in [2.24, 2.45) is 5.92 Å². The Labute approximate surface area is 58.7 Å². The van der Waals surface area contributed by atoms with Gasteiger partial charge in [-0.05, 0) is 0 Å². The lowest BCUT2D eigenvalue weighted by atomic mass is 10.1. The van der Waals surface area contributed by atoms with E-state index in [9.17, 15) is 0 Å². The normalized spacial score (nSPS) is 48.0. The van der Waals surface area contributed by atoms with Crippen molar-refractivity contribution >= 4 is 0 Å². The summed E-state index contributed by atoms with van der Waals surface area (Å²) in [6.07, 6.45) is -2.46. The fourth-order valence-corrected chi connectivity index (χ4v) is 1.30. The van der Waals surface area contributed by atoms with Gasteiger partial charge in [-0.3, -0.25) is 0 Å². The Balaban J connectivity index is 2.55. The van der Waals surface area contributed by atoms with Crippen LogP contribution in [-0.4, -0.2) is 45.3 Å². The summed E-state index contributed by atoms with van der Waals surface area (Å²) in [5, 5.41) is 35.6. The molecule has 0 spiro atoms. The van der Waals surface area contributed by atoms with Gasteiger partial charge in [0.25, 0.3) is 0 Å². The minimum absolute atomic E-state index is 0.159. The van der Waals surface area contributed by atoms with Gasteiger partial charge in [0.15, 0.2) is 0 Å². The molecule has 0 aliphatic heterocycles. The number of aliphatic hydroxyl groups excluding tert-OH is 4. The van der Waals surface area contributed by atoms with Crippen molar-refractivity contribution < 1.29 is 20.4 Å². The SMILES string of the molecule is OCC1C(O)CC(O)C1O. The molecule has 1 aliphatic rings. The molecule has 0 bridgehead atoms. The first-order valence-electron chi connectivity index (χ1n) is 3.32. The Bertz CT molecular complexity index is 116. The van der Waals surface area contributed by atoms with Crippen LogP contribution in [0, 0.1) is 5.92 Å². The first-order chi connectivity index (χ1) is 4.66. The molecule has 1 aliphatic carbocycles. The monoisotopic (exact) mass is 148 g/mol. The van der Waals surface area contributed by atoms with Crippen LogP contribution in [-0.2, 0) is 0 Å². The Morgan fingerprint density at radius 2 is 1.70 bits per heavy atom. The van der Waals surface area contributed by atoms with Crippen LogP contribution in [0.25, 0.3) is 0 Å². The quantitative estimate of drug-likeness (QED) is 0.349. The van der Waals surface area contributed by atoms with E-state index in [1.807, 2.05) is 0 Å². The molecule has 4 unspecified atom stereocenters. The Hall–Kier alpha value is -0.160. The van der Waals surface area contributed by atoms with Crippen molar-refractivity contribution in [1.29, 1.82) is 0 Å². The molecule has 0 radical (unpaired) electrons. The minimum atomic E-state index is -0.972. The minimum Gasteiger partial charge on any atom is -0.396 e. The summed E-state index contributed by atoms with van der Waals surface area (Å²) in [6.45, 7) is -0.278. The summed E-state index contributed by atoms with van der Waals surface area (Å²) in [5.74, 6) is -0.574. The molecule has 0 amide bonds. The van der Waals surface area contributed by atoms with Crippen LogP contribution < -0.4 is 0 Å². The lowest BCUT2D eigenvalue weighted by Gasteiger charge is -2.14. The van der Waals surface area contributed by atoms with Gasteiger partial charge in [0.05, 0.1) is 24.9 Å². The second-order valence-corrected chi connectivity index (χ2v) is 2.71. The summed E-state index contributed by atoms with van der Waals surface area (Å²) in [6, 6.07) is 0. The molecule has 4 nitrogen and oxygen atoms in total. The average molecular weight is 148 g/mol. The van der Waals surface area contributed by atoms with Crippen LogP contribution in [0.3, 0.4) is 0 Å². The molecule has 0 heterocycles. The third-order valence-corrected chi connectivity index (χ3v) is 2.02. The van der Waals surface area contributed by atoms with Crippen molar-refractivity contribution in [3.05, 3.63) is 0 Å². The van der Waals surface area contributed by atoms with Gasteiger partial charge in [0.2, 0.25) is 0 Å². The smallest absolute Gasteiger partial charge is 0.0874 e. The summed E-state index contributed by atoms with van der Waals surface area (Å²) in [5.41, 5.74) is 0. The predicted octanol–water partition coefficient (Wildman–Crippen LogP) is -1.92. The summed E-state index contributed by atoms with van der Waals surface area (Å²) < 4.78 is 0. The molecule has 0 aromatic rings. The third-order valence-electron chi connectivity index (χ3n) is 2.02. The zero-order valence-electron chi connectivity index (χ0n) is 5.51. The van der Waals surface area contributed by atoms with E-state index >= 15 is 0 Å². The van der Waals surface area contributed by atoms with E-state index in [0.717, 1.165) is 0 Å². The van der Waals surface area contributed by atoms with Crippen LogP contribution in [0.1, 0.15) is 6.42 Å². The molecule has 10 heavy (non-hydrogen) atoms. The van der Waals surface area contributed by atoms with Crippen molar-refractivity contribution in [3.63, 3.8) is 0 Å². The highest BCUT2D eigenvalue weighted by molar-refractivity contribution is 4.90. The molecule has 4 N–H and O–H groups in total. The topological polar surface area (TPSA) is 80.9 Å². The molecule has 0 aromatic carbocycles. The van der Waals surface area contributed by atoms with Crippen molar-refractivity contribution in [2.45, 2.75) is 24.7 Å². The van der Waals surface area contributed by atoms with E-state index < -0.39 is 24.2 Å². The maximum absolute atomic E-state index is 9.06. The van der Waals surface area contributed by atoms with E-state index in [0.29, 0.717) is 0 Å². The second-order valence-electron chi connectivity index (χ2n) is 2.71. The molecular weight excluding hydrogens is 136 g/mol. The second kappa shape index (κ2) is 2.84. The highest BCUT2D eigenvalue weighted by Crippen LogP contribution is 2.25. The van der Waals surface area contributed by atoms with Crippen LogP contribution in [0.15, 0.2) is 0 Å². The fourth-order valence-electron chi connectivity index (χ4n) is 1.30. The van der Waals surface area contributed by atoms with E-state index in [-0.39, 0.29) is 13.0 Å². The molecule has 0 saturated heterocycles. The highest BCUT2D eigenvalue weighted by atomic mass is 16.3. The maximum Gasteiger partial charge on any atom is 0.0874 e. The van der Waals surface area contributed by atoms with E-state index in [4.69, 9.17) is 20.4 Å². The number of aliphatic hydroxyl groups is 4. The van der Waals surface area contributed by atoms with Gasteiger partial charge in [0, 0.05) is 12.3 Å². The maximum atomic E-state index is 9.06. The highest BCUT2D eigenvalue weighted by Gasteiger charge is 2.39. The molecular formula is C6H12O4. The standard InChI is InChI=1S/C6H12O4/c7-2-3-4(8)1-5(9)6(3)10/h3-10H,1-2H2. The molecule has 1 fully saturated rings. The molecule has 4 atom stereocenters. The van der Waals surface area contributed by atoms with Gasteiger partial charge in [-0.25, -0.2) is 0 Å². The van der Waals surface area contributed by atoms with Gasteiger partial charge < -0.3 is 20.4 Å². The first kappa shape index (κ1) is 7.94. The Morgan fingerprint density at radius 1 is 1.10 bits per heavy atom. The number of rotatable bonds is 1. The predicted molar refractivity (Wildman–Crippen MR) is 33.2 cm³/mol. The summed E-state index contributed by atoms with van der Waals surface area (Å²) in [4.78, 5) is 0. The zero-order chi connectivity index (χ0) is 7.72. The van der Waals surface area contributed by atoms with E-state index in [1.165, 1.54) is 0 Å². The fraction of sp³-hybridized carbons (Fsp3) is 1.00. The van der Waals surface area contributed by atoms with Crippen LogP contribution in [0.2, 0.25) is 0 Å². The van der Waals surface area contributed by atoms with Crippen molar-refractivity contribution in [2.75, 3.05) is 6.61 Å². The van der Waals surface area contributed by atoms with Crippen molar-refractivity contribution in [1.82, 2.24) is 0 Å². The van der Waals surface area contributed by atoms with Gasteiger partial charge in [-0.2, -0.15) is 0 Å². The molecule has 60 valence electrons. The van der Waals surface area contributed by atoms with Crippen LogP contribution >= 0.6 is 0 Å². The van der Waals surface area contributed by atoms with E-state index in [1.54, 1.807) is 0 Å². The van der Waals surface area contributed by atoms with E-state index in [2.05, 4.69) is 0 Å². The van der Waals surface area contributed by atoms with Crippen LogP contribution in [0.5, 0.6) is 0 Å². The molecule has 1 saturated carbocycles. The van der Waals surface area contributed by atoms with Gasteiger partial charge in [-0.15, -0.1) is 0 Å². The lowest BCUT2D eigenvalue weighted by molar-refractivity contribution is -0.00584. The molecule has 1 rings (SSSR count). The van der Waals surface area contributed by atoms with Gasteiger partial charge in [0.1, 0.15) is 0 Å². The first-order valence-corrected chi connectivity index (χ1v) is 3.32. The summed E-state index contributed by atoms with van der Waals surface area (Å²) in [7, 11) is 0. The average Bonchev–Trinajstić information content (AvgIpc) is 2.09. The van der Waals surface area contributed by atoms with Crippen LogP contribution in [0.4, 0.5) is 0 Å². The number of hydrogen-bond acceptors (Lipinski definition) is 4. The Kier molecular flexibility index (Phi) is 2.25. The van der Waals surface area contributed by atoms with Gasteiger partial charge >= 0.3 is 0 Å². The third kappa shape index (κ3) is 1.15. The largest absolute Gasteiger partial charge is 0.396 e. The summed E-state index contributed by atoms with van der Waals surface area (Å²) >= 11 is 0.